The highest BCUT2D eigenvalue weighted by Crippen LogP contribution is 2.20. The zero-order valence-corrected chi connectivity index (χ0v) is 18.1. The number of aliphatic imine (C=N–C) groups is 1. The van der Waals surface area contributed by atoms with Crippen LogP contribution in [0.15, 0.2) is 4.99 Å². The summed E-state index contributed by atoms with van der Waals surface area (Å²) in [5.41, 5.74) is 0.115. The first-order chi connectivity index (χ1) is 10.4. The highest BCUT2D eigenvalue weighted by molar-refractivity contribution is 14.0. The third-order valence-electron chi connectivity index (χ3n) is 4.32. The van der Waals surface area contributed by atoms with Crippen LogP contribution < -0.4 is 10.6 Å². The smallest absolute Gasteiger partial charge is 0.191 e. The highest BCUT2D eigenvalue weighted by Gasteiger charge is 2.24. The molecule has 6 heteroatoms. The molecule has 1 heterocycles. The van der Waals surface area contributed by atoms with E-state index >= 15 is 0 Å². The van der Waals surface area contributed by atoms with Crippen molar-refractivity contribution < 1.29 is 4.74 Å². The van der Waals surface area contributed by atoms with E-state index in [2.05, 4.69) is 48.2 Å². The summed E-state index contributed by atoms with van der Waals surface area (Å²) in [6.07, 6.45) is 2.87. The van der Waals surface area contributed by atoms with Gasteiger partial charge < -0.3 is 20.3 Å². The Labute approximate surface area is 160 Å². The number of ether oxygens (including phenoxy) is 1. The van der Waals surface area contributed by atoms with Crippen LogP contribution in [0.1, 0.15) is 40.5 Å². The lowest BCUT2D eigenvalue weighted by Gasteiger charge is -2.30. The average Bonchev–Trinajstić information content (AvgIpc) is 2.94. The molecule has 2 atom stereocenters. The number of nitrogens with one attached hydrogen (secondary N) is 2. The van der Waals surface area contributed by atoms with Gasteiger partial charge in [-0.15, -0.1) is 24.0 Å². The number of guanidine groups is 1. The van der Waals surface area contributed by atoms with Gasteiger partial charge in [0.2, 0.25) is 0 Å². The number of nitrogens with zero attached hydrogens (tertiary/aromatic N) is 2. The predicted molar refractivity (Wildman–Crippen MR) is 110 cm³/mol. The van der Waals surface area contributed by atoms with Crippen LogP contribution in [0, 0.1) is 11.3 Å². The Morgan fingerprint density at radius 3 is 2.22 bits per heavy atom. The lowest BCUT2D eigenvalue weighted by Crippen LogP contribution is -2.46. The maximum atomic E-state index is 5.57. The van der Waals surface area contributed by atoms with Crippen LogP contribution in [0.25, 0.3) is 0 Å². The molecule has 138 valence electrons. The standard InChI is InChI=1S/C17H36N4O.HI/c1-14(13-21-9-7-8-10-21)11-19-16(18-5)20-12-15(22-6)17(2,3)4;/h14-15H,7-13H2,1-6H3,(H2,18,19,20);1H. The number of rotatable bonds is 7. The van der Waals surface area contributed by atoms with Gasteiger partial charge in [-0.3, -0.25) is 4.99 Å². The molecule has 0 aliphatic carbocycles. The summed E-state index contributed by atoms with van der Waals surface area (Å²) in [6, 6.07) is 0. The van der Waals surface area contributed by atoms with Crippen molar-refractivity contribution in [2.24, 2.45) is 16.3 Å². The molecule has 0 aromatic heterocycles. The molecule has 1 rings (SSSR count). The maximum absolute atomic E-state index is 5.57. The molecule has 1 fully saturated rings. The second-order valence-electron chi connectivity index (χ2n) is 7.54. The summed E-state index contributed by atoms with van der Waals surface area (Å²) in [6.45, 7) is 14.3. The zero-order valence-electron chi connectivity index (χ0n) is 15.8. The molecule has 0 amide bonds. The van der Waals surface area contributed by atoms with Crippen molar-refractivity contribution in [2.75, 3.05) is 46.9 Å². The Balaban J connectivity index is 0.00000484. The Morgan fingerprint density at radius 1 is 1.17 bits per heavy atom. The fourth-order valence-corrected chi connectivity index (χ4v) is 2.89. The van der Waals surface area contributed by atoms with E-state index in [4.69, 9.17) is 4.74 Å². The maximum Gasteiger partial charge on any atom is 0.191 e. The monoisotopic (exact) mass is 440 g/mol. The van der Waals surface area contributed by atoms with E-state index in [9.17, 15) is 0 Å². The molecule has 1 saturated heterocycles. The molecule has 0 aromatic rings. The number of methoxy groups -OCH3 is 1. The van der Waals surface area contributed by atoms with Gasteiger partial charge in [0.15, 0.2) is 5.96 Å². The molecule has 0 bridgehead atoms. The number of halogens is 1. The second kappa shape index (κ2) is 11.5. The van der Waals surface area contributed by atoms with E-state index in [0.29, 0.717) is 5.92 Å². The minimum atomic E-state index is 0. The van der Waals surface area contributed by atoms with Crippen molar-refractivity contribution in [3.05, 3.63) is 0 Å². The van der Waals surface area contributed by atoms with Crippen molar-refractivity contribution in [1.82, 2.24) is 15.5 Å². The quantitative estimate of drug-likeness (QED) is 0.363. The van der Waals surface area contributed by atoms with Gasteiger partial charge >= 0.3 is 0 Å². The van der Waals surface area contributed by atoms with Gasteiger partial charge in [0.25, 0.3) is 0 Å². The fraction of sp³-hybridized carbons (Fsp3) is 0.941. The molecule has 23 heavy (non-hydrogen) atoms. The van der Waals surface area contributed by atoms with Gasteiger partial charge in [-0.05, 0) is 37.3 Å². The summed E-state index contributed by atoms with van der Waals surface area (Å²) < 4.78 is 5.57. The molecule has 2 unspecified atom stereocenters. The Kier molecular flexibility index (Phi) is 11.4. The first-order valence-corrected chi connectivity index (χ1v) is 8.56. The van der Waals surface area contributed by atoms with Gasteiger partial charge in [0.1, 0.15) is 0 Å². The van der Waals surface area contributed by atoms with Crippen LogP contribution in [-0.4, -0.2) is 63.8 Å². The predicted octanol–water partition coefficient (Wildman–Crippen LogP) is 2.56. The third-order valence-corrected chi connectivity index (χ3v) is 4.32. The summed E-state index contributed by atoms with van der Waals surface area (Å²) in [5, 5.41) is 6.81. The Bertz CT molecular complexity index is 338. The van der Waals surface area contributed by atoms with E-state index in [-0.39, 0.29) is 35.5 Å². The molecular formula is C17H37IN4O. The number of hydrogen-bond acceptors (Lipinski definition) is 3. The molecule has 0 spiro atoms. The summed E-state index contributed by atoms with van der Waals surface area (Å²) >= 11 is 0. The first kappa shape index (κ1) is 22.9. The van der Waals surface area contributed by atoms with Crippen molar-refractivity contribution in [1.29, 1.82) is 0 Å². The van der Waals surface area contributed by atoms with Crippen molar-refractivity contribution in [3.8, 4) is 0 Å². The molecule has 0 saturated carbocycles. The lowest BCUT2D eigenvalue weighted by atomic mass is 9.89. The van der Waals surface area contributed by atoms with Gasteiger partial charge in [0.05, 0.1) is 6.10 Å². The fourth-order valence-electron chi connectivity index (χ4n) is 2.89. The van der Waals surface area contributed by atoms with E-state index < -0.39 is 0 Å². The van der Waals surface area contributed by atoms with Crippen LogP contribution in [0.2, 0.25) is 0 Å². The Hall–Kier alpha value is -0.0800. The van der Waals surface area contributed by atoms with Crippen molar-refractivity contribution in [2.45, 2.75) is 46.6 Å². The second-order valence-corrected chi connectivity index (χ2v) is 7.54. The third kappa shape index (κ3) is 9.10. The number of likely N-dealkylation sites (tertiary alicyclic amines) is 1. The summed E-state index contributed by atoms with van der Waals surface area (Å²) in [4.78, 5) is 6.86. The van der Waals surface area contributed by atoms with Crippen molar-refractivity contribution >= 4 is 29.9 Å². The van der Waals surface area contributed by atoms with Crippen LogP contribution in [0.4, 0.5) is 0 Å². The normalized spacial score (nSPS) is 19.1. The van der Waals surface area contributed by atoms with Crippen LogP contribution in [-0.2, 0) is 4.74 Å². The van der Waals surface area contributed by atoms with Crippen LogP contribution in [0.3, 0.4) is 0 Å². The first-order valence-electron chi connectivity index (χ1n) is 8.56. The van der Waals surface area contributed by atoms with Gasteiger partial charge in [0, 0.05) is 33.8 Å². The van der Waals surface area contributed by atoms with Crippen LogP contribution in [0.5, 0.6) is 0 Å². The topological polar surface area (TPSA) is 48.9 Å². The average molecular weight is 440 g/mol. The van der Waals surface area contributed by atoms with E-state index in [1.54, 1.807) is 7.11 Å². The molecule has 2 N–H and O–H groups in total. The van der Waals surface area contributed by atoms with E-state index in [1.807, 2.05) is 7.05 Å². The summed E-state index contributed by atoms with van der Waals surface area (Å²) in [5.74, 6) is 1.48. The molecule has 1 aliphatic rings. The molecule has 0 radical (unpaired) electrons. The molecule has 0 aromatic carbocycles. The Morgan fingerprint density at radius 2 is 1.74 bits per heavy atom. The lowest BCUT2D eigenvalue weighted by molar-refractivity contribution is 0.0205. The van der Waals surface area contributed by atoms with Crippen LogP contribution >= 0.6 is 24.0 Å². The minimum Gasteiger partial charge on any atom is -0.379 e. The van der Waals surface area contributed by atoms with Gasteiger partial charge in [-0.1, -0.05) is 27.7 Å². The molecule has 5 nitrogen and oxygen atoms in total. The largest absolute Gasteiger partial charge is 0.379 e. The van der Waals surface area contributed by atoms with E-state index in [1.165, 1.54) is 32.5 Å². The molecule has 1 aliphatic heterocycles. The highest BCUT2D eigenvalue weighted by atomic mass is 127. The number of hydrogen-bond donors (Lipinski definition) is 2. The van der Waals surface area contributed by atoms with Gasteiger partial charge in [-0.25, -0.2) is 0 Å². The molecular weight excluding hydrogens is 403 g/mol. The van der Waals surface area contributed by atoms with Gasteiger partial charge in [-0.2, -0.15) is 0 Å². The van der Waals surface area contributed by atoms with E-state index in [0.717, 1.165) is 19.0 Å². The van der Waals surface area contributed by atoms with Crippen molar-refractivity contribution in [3.63, 3.8) is 0 Å². The minimum absolute atomic E-state index is 0. The SMILES string of the molecule is CN=C(NCC(C)CN1CCCC1)NCC(OC)C(C)(C)C.I. The zero-order chi connectivity index (χ0) is 16.6. The summed E-state index contributed by atoms with van der Waals surface area (Å²) in [7, 11) is 3.59.